The number of hydrogen-bond donors (Lipinski definition) is 2. The lowest BCUT2D eigenvalue weighted by Gasteiger charge is -2.16. The van der Waals surface area contributed by atoms with Gasteiger partial charge < -0.3 is 15.8 Å². The molecule has 0 spiro atoms. The van der Waals surface area contributed by atoms with Gasteiger partial charge in [0.2, 0.25) is 5.91 Å². The number of nitrogens with two attached hydrogens (primary N) is 1. The number of carbonyl (C=O) groups excluding carboxylic acids is 1. The molecule has 4 atom stereocenters. The van der Waals surface area contributed by atoms with E-state index in [9.17, 15) is 4.79 Å². The third-order valence-electron chi connectivity index (χ3n) is 4.19. The minimum Gasteiger partial charge on any atom is -0.399 e. The lowest BCUT2D eigenvalue weighted by molar-refractivity contribution is -0.121. The zero-order valence-electron chi connectivity index (χ0n) is 12.3. The maximum Gasteiger partial charge on any atom is 0.232 e. The van der Waals surface area contributed by atoms with E-state index < -0.39 is 0 Å². The molecule has 2 heterocycles. The molecule has 0 bridgehead atoms. The van der Waals surface area contributed by atoms with Crippen LogP contribution in [0, 0.1) is 11.8 Å². The molecule has 5 nitrogen and oxygen atoms in total. The van der Waals surface area contributed by atoms with Crippen molar-refractivity contribution in [3.05, 3.63) is 18.2 Å². The third kappa shape index (κ3) is 2.61. The van der Waals surface area contributed by atoms with Crippen molar-refractivity contribution in [1.29, 1.82) is 0 Å². The number of benzene rings is 1. The third-order valence-corrected chi connectivity index (χ3v) is 5.12. The number of carbonyl (C=O) groups is 1. The van der Waals surface area contributed by atoms with Gasteiger partial charge in [-0.15, -0.1) is 0 Å². The van der Waals surface area contributed by atoms with E-state index in [2.05, 4.69) is 17.2 Å². The summed E-state index contributed by atoms with van der Waals surface area (Å²) in [5.41, 5.74) is 7.31. The van der Waals surface area contributed by atoms with Crippen molar-refractivity contribution in [3.8, 4) is 0 Å². The first kappa shape index (κ1) is 14.3. The van der Waals surface area contributed by atoms with Gasteiger partial charge in [-0.25, -0.2) is 4.98 Å². The van der Waals surface area contributed by atoms with Gasteiger partial charge in [-0.1, -0.05) is 18.3 Å². The van der Waals surface area contributed by atoms with Gasteiger partial charge in [0.1, 0.15) is 0 Å². The molecule has 0 radical (unpaired) electrons. The standard InChI is InChI=1S/C15H19N3O2S/c1-7-8(2)20-9(3)13(7)14(19)18-15-17-11-5-4-10(16)6-12(11)21-15/h4-9,13H,16H2,1-3H3,(H,17,18,19). The van der Waals surface area contributed by atoms with Gasteiger partial charge in [0.05, 0.1) is 28.3 Å². The monoisotopic (exact) mass is 305 g/mol. The van der Waals surface area contributed by atoms with Crippen molar-refractivity contribution in [1.82, 2.24) is 4.98 Å². The van der Waals surface area contributed by atoms with Gasteiger partial charge in [0.25, 0.3) is 0 Å². The van der Waals surface area contributed by atoms with Crippen molar-refractivity contribution >= 4 is 38.3 Å². The molecule has 2 aromatic rings. The molecule has 3 N–H and O–H groups in total. The fourth-order valence-corrected chi connectivity index (χ4v) is 3.82. The zero-order chi connectivity index (χ0) is 15.1. The summed E-state index contributed by atoms with van der Waals surface area (Å²) >= 11 is 1.44. The highest BCUT2D eigenvalue weighted by atomic mass is 32.1. The van der Waals surface area contributed by atoms with E-state index in [1.807, 2.05) is 32.0 Å². The van der Waals surface area contributed by atoms with Crippen molar-refractivity contribution in [2.75, 3.05) is 11.1 Å². The minimum atomic E-state index is -0.142. The van der Waals surface area contributed by atoms with Crippen LogP contribution in [0.25, 0.3) is 10.2 Å². The first-order valence-electron chi connectivity index (χ1n) is 7.08. The molecule has 1 aromatic carbocycles. The molecular formula is C15H19N3O2S. The smallest absolute Gasteiger partial charge is 0.232 e. The van der Waals surface area contributed by atoms with Crippen LogP contribution >= 0.6 is 11.3 Å². The fourth-order valence-electron chi connectivity index (χ4n) is 2.90. The van der Waals surface area contributed by atoms with E-state index >= 15 is 0 Å². The number of nitrogen functional groups attached to an aromatic ring is 1. The lowest BCUT2D eigenvalue weighted by Crippen LogP contribution is -2.31. The van der Waals surface area contributed by atoms with Crippen molar-refractivity contribution < 1.29 is 9.53 Å². The van der Waals surface area contributed by atoms with E-state index in [1.165, 1.54) is 11.3 Å². The summed E-state index contributed by atoms with van der Waals surface area (Å²) in [4.78, 5) is 16.9. The Morgan fingerprint density at radius 2 is 2.10 bits per heavy atom. The number of hydrogen-bond acceptors (Lipinski definition) is 5. The number of rotatable bonds is 2. The van der Waals surface area contributed by atoms with Crippen LogP contribution in [0.3, 0.4) is 0 Å². The lowest BCUT2D eigenvalue weighted by atomic mass is 9.89. The number of nitrogens with one attached hydrogen (secondary N) is 1. The number of fused-ring (bicyclic) bond motifs is 1. The molecule has 1 saturated heterocycles. The molecule has 1 aliphatic rings. The summed E-state index contributed by atoms with van der Waals surface area (Å²) in [7, 11) is 0. The Morgan fingerprint density at radius 1 is 1.33 bits per heavy atom. The average Bonchev–Trinajstić information content (AvgIpc) is 2.90. The summed E-state index contributed by atoms with van der Waals surface area (Å²) in [6.07, 6.45) is 0.0333. The van der Waals surface area contributed by atoms with E-state index in [-0.39, 0.29) is 30.0 Å². The zero-order valence-corrected chi connectivity index (χ0v) is 13.1. The van der Waals surface area contributed by atoms with Crippen LogP contribution < -0.4 is 11.1 Å². The molecule has 0 aliphatic carbocycles. The Balaban J connectivity index is 1.80. The Bertz CT molecular complexity index is 685. The Labute approximate surface area is 127 Å². The molecule has 112 valence electrons. The van der Waals surface area contributed by atoms with Gasteiger partial charge in [-0.2, -0.15) is 0 Å². The predicted molar refractivity (Wildman–Crippen MR) is 85.3 cm³/mol. The maximum atomic E-state index is 12.5. The first-order valence-corrected chi connectivity index (χ1v) is 7.89. The number of ether oxygens (including phenoxy) is 1. The van der Waals surface area contributed by atoms with Crippen molar-refractivity contribution in [2.45, 2.75) is 33.0 Å². The second-order valence-corrected chi connectivity index (χ2v) is 6.70. The van der Waals surface area contributed by atoms with Crippen molar-refractivity contribution in [3.63, 3.8) is 0 Å². The molecule has 1 fully saturated rings. The molecule has 1 aliphatic heterocycles. The second-order valence-electron chi connectivity index (χ2n) is 5.67. The fraction of sp³-hybridized carbons (Fsp3) is 0.467. The molecule has 21 heavy (non-hydrogen) atoms. The van der Waals surface area contributed by atoms with Gasteiger partial charge in [-0.05, 0) is 38.0 Å². The summed E-state index contributed by atoms with van der Waals surface area (Å²) in [6.45, 7) is 6.01. The van der Waals surface area contributed by atoms with Gasteiger partial charge in [0, 0.05) is 5.69 Å². The highest BCUT2D eigenvalue weighted by Crippen LogP contribution is 2.34. The van der Waals surface area contributed by atoms with Crippen LogP contribution in [0.1, 0.15) is 20.8 Å². The highest BCUT2D eigenvalue weighted by Gasteiger charge is 2.41. The molecule has 6 heteroatoms. The molecular weight excluding hydrogens is 286 g/mol. The normalized spacial score (nSPS) is 28.9. The average molecular weight is 305 g/mol. The Hall–Kier alpha value is -1.66. The molecule has 4 unspecified atom stereocenters. The van der Waals surface area contributed by atoms with E-state index in [1.54, 1.807) is 0 Å². The quantitative estimate of drug-likeness (QED) is 0.836. The number of aromatic nitrogens is 1. The van der Waals surface area contributed by atoms with Crippen LogP contribution in [-0.2, 0) is 9.53 Å². The summed E-state index contributed by atoms with van der Waals surface area (Å²) in [5, 5.41) is 3.53. The largest absolute Gasteiger partial charge is 0.399 e. The van der Waals surface area contributed by atoms with Gasteiger partial charge in [0.15, 0.2) is 5.13 Å². The van der Waals surface area contributed by atoms with Crippen LogP contribution in [0.15, 0.2) is 18.2 Å². The van der Waals surface area contributed by atoms with E-state index in [0.717, 1.165) is 10.2 Å². The number of anilines is 2. The maximum absolute atomic E-state index is 12.5. The van der Waals surface area contributed by atoms with E-state index in [0.29, 0.717) is 10.8 Å². The molecule has 3 rings (SSSR count). The van der Waals surface area contributed by atoms with Crippen LogP contribution in [0.2, 0.25) is 0 Å². The van der Waals surface area contributed by atoms with Crippen LogP contribution in [0.5, 0.6) is 0 Å². The minimum absolute atomic E-state index is 0.0219. The summed E-state index contributed by atoms with van der Waals surface area (Å²) in [5.74, 6) is 0.0356. The summed E-state index contributed by atoms with van der Waals surface area (Å²) < 4.78 is 6.70. The topological polar surface area (TPSA) is 77.2 Å². The van der Waals surface area contributed by atoms with Crippen molar-refractivity contribution in [2.24, 2.45) is 11.8 Å². The van der Waals surface area contributed by atoms with E-state index in [4.69, 9.17) is 10.5 Å². The van der Waals surface area contributed by atoms with Gasteiger partial charge >= 0.3 is 0 Å². The molecule has 1 amide bonds. The molecule has 1 aromatic heterocycles. The first-order chi connectivity index (χ1) is 9.95. The number of thiazole rings is 1. The summed E-state index contributed by atoms with van der Waals surface area (Å²) in [6, 6.07) is 5.54. The number of nitrogens with zero attached hydrogens (tertiary/aromatic N) is 1. The highest BCUT2D eigenvalue weighted by molar-refractivity contribution is 7.22. The Morgan fingerprint density at radius 3 is 2.76 bits per heavy atom. The van der Waals surface area contributed by atoms with Crippen LogP contribution in [0.4, 0.5) is 10.8 Å². The second kappa shape index (κ2) is 5.27. The number of amides is 1. The molecule has 0 saturated carbocycles. The SMILES string of the molecule is CC1OC(C)C(C(=O)Nc2nc3ccc(N)cc3s2)C1C. The predicted octanol–water partition coefficient (Wildman–Crippen LogP) is 2.88. The Kier molecular flexibility index (Phi) is 3.59. The van der Waals surface area contributed by atoms with Crippen LogP contribution in [-0.4, -0.2) is 23.1 Å². The van der Waals surface area contributed by atoms with Gasteiger partial charge in [-0.3, -0.25) is 4.79 Å².